The van der Waals surface area contributed by atoms with Crippen LogP contribution < -0.4 is 10.1 Å². The third kappa shape index (κ3) is 3.54. The number of nitrogens with one attached hydrogen (secondary N) is 1. The lowest BCUT2D eigenvalue weighted by atomic mass is 10.1. The van der Waals surface area contributed by atoms with Crippen LogP contribution in [0.25, 0.3) is 5.69 Å². The fraction of sp³-hybridized carbons (Fsp3) is 0.429. The Hall–Kier alpha value is -1.88. The first-order valence-electron chi connectivity index (χ1n) is 6.28. The van der Waals surface area contributed by atoms with Crippen LogP contribution >= 0.6 is 0 Å². The van der Waals surface area contributed by atoms with Gasteiger partial charge in [-0.05, 0) is 32.9 Å². The van der Waals surface area contributed by atoms with Crippen LogP contribution in [-0.2, 0) is 6.54 Å². The van der Waals surface area contributed by atoms with Gasteiger partial charge in [-0.1, -0.05) is 11.3 Å². The lowest BCUT2D eigenvalue weighted by Crippen LogP contribution is -2.35. The molecule has 0 aliphatic heterocycles. The predicted molar refractivity (Wildman–Crippen MR) is 74.5 cm³/mol. The van der Waals surface area contributed by atoms with Gasteiger partial charge in [-0.3, -0.25) is 0 Å². The highest BCUT2D eigenvalue weighted by atomic mass is 16.5. The molecule has 102 valence electrons. The predicted octanol–water partition coefficient (Wildman–Crippen LogP) is 2.16. The van der Waals surface area contributed by atoms with E-state index in [1.807, 2.05) is 28.9 Å². The van der Waals surface area contributed by atoms with Crippen molar-refractivity contribution in [3.63, 3.8) is 0 Å². The molecule has 0 aliphatic carbocycles. The van der Waals surface area contributed by atoms with Crippen LogP contribution in [0.15, 0.2) is 30.5 Å². The van der Waals surface area contributed by atoms with Gasteiger partial charge in [-0.2, -0.15) is 0 Å². The van der Waals surface area contributed by atoms with E-state index in [4.69, 9.17) is 4.74 Å². The van der Waals surface area contributed by atoms with E-state index in [0.717, 1.165) is 17.1 Å². The number of aromatic nitrogens is 3. The van der Waals surface area contributed by atoms with Crippen molar-refractivity contribution in [2.45, 2.75) is 32.9 Å². The van der Waals surface area contributed by atoms with Crippen molar-refractivity contribution in [2.75, 3.05) is 7.11 Å². The van der Waals surface area contributed by atoms with Crippen LogP contribution in [0.3, 0.4) is 0 Å². The lowest BCUT2D eigenvalue weighted by molar-refractivity contribution is 0.413. The van der Waals surface area contributed by atoms with E-state index in [-0.39, 0.29) is 5.54 Å². The maximum Gasteiger partial charge on any atom is 0.121 e. The van der Waals surface area contributed by atoms with Gasteiger partial charge in [0.25, 0.3) is 0 Å². The molecule has 0 saturated heterocycles. The molecule has 0 aliphatic rings. The molecule has 0 saturated carbocycles. The molecule has 1 aromatic carbocycles. The first-order chi connectivity index (χ1) is 8.99. The standard InChI is InChI=1S/C14H20N4O/c1-14(2,3)15-9-12-10-16-17-18(12)11-6-5-7-13(8-11)19-4/h5-8,10,15H,9H2,1-4H3. The van der Waals surface area contributed by atoms with Crippen molar-refractivity contribution in [1.29, 1.82) is 0 Å². The van der Waals surface area contributed by atoms with Crippen molar-refractivity contribution < 1.29 is 4.74 Å². The zero-order valence-corrected chi connectivity index (χ0v) is 11.8. The smallest absolute Gasteiger partial charge is 0.121 e. The molecule has 1 heterocycles. The first-order valence-corrected chi connectivity index (χ1v) is 6.28. The minimum Gasteiger partial charge on any atom is -0.497 e. The lowest BCUT2D eigenvalue weighted by Gasteiger charge is -2.20. The molecule has 5 heteroatoms. The Balaban J connectivity index is 2.23. The van der Waals surface area contributed by atoms with Gasteiger partial charge in [0.1, 0.15) is 5.75 Å². The second-order valence-corrected chi connectivity index (χ2v) is 5.44. The second-order valence-electron chi connectivity index (χ2n) is 5.44. The number of ether oxygens (including phenoxy) is 1. The van der Waals surface area contributed by atoms with Crippen molar-refractivity contribution in [2.24, 2.45) is 0 Å². The topological polar surface area (TPSA) is 52.0 Å². The largest absolute Gasteiger partial charge is 0.497 e. The van der Waals surface area contributed by atoms with Crippen LogP contribution in [0.1, 0.15) is 26.5 Å². The van der Waals surface area contributed by atoms with Gasteiger partial charge in [0.2, 0.25) is 0 Å². The molecule has 2 aromatic rings. The van der Waals surface area contributed by atoms with Gasteiger partial charge in [-0.25, -0.2) is 4.68 Å². The monoisotopic (exact) mass is 260 g/mol. The van der Waals surface area contributed by atoms with Crippen LogP contribution in [0.5, 0.6) is 5.75 Å². The molecular weight excluding hydrogens is 240 g/mol. The molecule has 0 unspecified atom stereocenters. The average molecular weight is 260 g/mol. The molecule has 0 atom stereocenters. The minimum absolute atomic E-state index is 0.0590. The fourth-order valence-corrected chi connectivity index (χ4v) is 1.69. The third-order valence-electron chi connectivity index (χ3n) is 2.72. The van der Waals surface area contributed by atoms with Crippen molar-refractivity contribution in [3.8, 4) is 11.4 Å². The van der Waals surface area contributed by atoms with E-state index in [9.17, 15) is 0 Å². The molecule has 0 fully saturated rings. The quantitative estimate of drug-likeness (QED) is 0.915. The highest BCUT2D eigenvalue weighted by molar-refractivity contribution is 5.39. The van der Waals surface area contributed by atoms with E-state index >= 15 is 0 Å². The highest BCUT2D eigenvalue weighted by Gasteiger charge is 2.12. The summed E-state index contributed by atoms with van der Waals surface area (Å²) < 4.78 is 7.05. The SMILES string of the molecule is COc1cccc(-n2nncc2CNC(C)(C)C)c1. The maximum atomic E-state index is 5.23. The Kier molecular flexibility index (Phi) is 3.85. The molecule has 1 aromatic heterocycles. The highest BCUT2D eigenvalue weighted by Crippen LogP contribution is 2.17. The van der Waals surface area contributed by atoms with Crippen LogP contribution in [0.2, 0.25) is 0 Å². The van der Waals surface area contributed by atoms with Gasteiger partial charge in [0, 0.05) is 18.2 Å². The summed E-state index contributed by atoms with van der Waals surface area (Å²) >= 11 is 0. The van der Waals surface area contributed by atoms with Gasteiger partial charge >= 0.3 is 0 Å². The molecule has 1 N–H and O–H groups in total. The fourth-order valence-electron chi connectivity index (χ4n) is 1.69. The van der Waals surface area contributed by atoms with Crippen molar-refractivity contribution in [3.05, 3.63) is 36.2 Å². The van der Waals surface area contributed by atoms with Gasteiger partial charge in [0.15, 0.2) is 0 Å². The summed E-state index contributed by atoms with van der Waals surface area (Å²) in [4.78, 5) is 0. The number of hydrogen-bond donors (Lipinski definition) is 1. The second kappa shape index (κ2) is 5.40. The summed E-state index contributed by atoms with van der Waals surface area (Å²) in [6.07, 6.45) is 1.78. The van der Waals surface area contributed by atoms with E-state index < -0.39 is 0 Å². The molecule has 0 spiro atoms. The number of nitrogens with zero attached hydrogens (tertiary/aromatic N) is 3. The third-order valence-corrected chi connectivity index (χ3v) is 2.72. The Labute approximate surface area is 113 Å². The Bertz CT molecular complexity index is 542. The summed E-state index contributed by atoms with van der Waals surface area (Å²) in [5.74, 6) is 0.808. The van der Waals surface area contributed by atoms with Crippen LogP contribution in [0, 0.1) is 0 Å². The van der Waals surface area contributed by atoms with Crippen LogP contribution in [-0.4, -0.2) is 27.6 Å². The summed E-state index contributed by atoms with van der Waals surface area (Å²) in [6, 6.07) is 7.78. The number of benzene rings is 1. The number of rotatable bonds is 4. The van der Waals surface area contributed by atoms with E-state index in [1.165, 1.54) is 0 Å². The maximum absolute atomic E-state index is 5.23. The molecule has 0 amide bonds. The van der Waals surface area contributed by atoms with Gasteiger partial charge < -0.3 is 10.1 Å². The Morgan fingerprint density at radius 3 is 2.79 bits per heavy atom. The molecule has 0 radical (unpaired) electrons. The first kappa shape index (κ1) is 13.5. The van der Waals surface area contributed by atoms with Crippen molar-refractivity contribution >= 4 is 0 Å². The normalized spacial score (nSPS) is 11.6. The van der Waals surface area contributed by atoms with Crippen LogP contribution in [0.4, 0.5) is 0 Å². The molecular formula is C14H20N4O. The Morgan fingerprint density at radius 2 is 2.11 bits per heavy atom. The van der Waals surface area contributed by atoms with E-state index in [2.05, 4.69) is 36.4 Å². The zero-order valence-electron chi connectivity index (χ0n) is 11.8. The minimum atomic E-state index is 0.0590. The molecule has 5 nitrogen and oxygen atoms in total. The summed E-state index contributed by atoms with van der Waals surface area (Å²) in [5, 5.41) is 11.6. The zero-order chi connectivity index (χ0) is 13.9. The van der Waals surface area contributed by atoms with E-state index in [0.29, 0.717) is 6.54 Å². The summed E-state index contributed by atoms with van der Waals surface area (Å²) in [6.45, 7) is 7.11. The van der Waals surface area contributed by atoms with Crippen molar-refractivity contribution in [1.82, 2.24) is 20.3 Å². The average Bonchev–Trinajstić information content (AvgIpc) is 2.84. The summed E-state index contributed by atoms with van der Waals surface area (Å²) in [7, 11) is 1.66. The van der Waals surface area contributed by atoms with E-state index in [1.54, 1.807) is 13.3 Å². The van der Waals surface area contributed by atoms with Gasteiger partial charge in [0.05, 0.1) is 24.7 Å². The molecule has 2 rings (SSSR count). The Morgan fingerprint density at radius 1 is 1.32 bits per heavy atom. The summed E-state index contributed by atoms with van der Waals surface area (Å²) in [5.41, 5.74) is 2.02. The number of hydrogen-bond acceptors (Lipinski definition) is 4. The molecule has 19 heavy (non-hydrogen) atoms. The molecule has 0 bridgehead atoms. The number of methoxy groups -OCH3 is 1. The van der Waals surface area contributed by atoms with Gasteiger partial charge in [-0.15, -0.1) is 5.10 Å².